The Balaban J connectivity index is 1.78. The van der Waals surface area contributed by atoms with Crippen molar-refractivity contribution in [3.05, 3.63) is 22.4 Å². The van der Waals surface area contributed by atoms with Gasteiger partial charge in [-0.05, 0) is 42.3 Å². The molecule has 1 amide bonds. The largest absolute Gasteiger partial charge is 0.338 e. The molecule has 1 aliphatic rings. The monoisotopic (exact) mass is 294 g/mol. The van der Waals surface area contributed by atoms with E-state index in [9.17, 15) is 4.79 Å². The highest BCUT2D eigenvalue weighted by Gasteiger charge is 2.29. The number of amides is 1. The molecule has 0 saturated carbocycles. The van der Waals surface area contributed by atoms with Gasteiger partial charge in [-0.3, -0.25) is 4.79 Å². The zero-order valence-corrected chi connectivity index (χ0v) is 12.6. The van der Waals surface area contributed by atoms with Crippen LogP contribution in [0.15, 0.2) is 17.5 Å². The number of hydrogen-bond donors (Lipinski definition) is 1. The molecule has 19 heavy (non-hydrogen) atoms. The van der Waals surface area contributed by atoms with E-state index in [2.05, 4.69) is 18.4 Å². The number of carbonyl (C=O) groups is 1. The van der Waals surface area contributed by atoms with Gasteiger partial charge in [0.1, 0.15) is 0 Å². The first-order chi connectivity index (χ1) is 9.19. The van der Waals surface area contributed by atoms with Crippen LogP contribution in [0.3, 0.4) is 0 Å². The fraction of sp³-hybridized carbons (Fsp3) is 0.500. The summed E-state index contributed by atoms with van der Waals surface area (Å²) in [6, 6.07) is 4.12. The summed E-state index contributed by atoms with van der Waals surface area (Å²) < 4.78 is 2.43. The van der Waals surface area contributed by atoms with Gasteiger partial charge in [-0.25, -0.2) is 0 Å². The number of carbonyl (C=O) groups excluding carboxylic acids is 1. The second-order valence-electron chi connectivity index (χ2n) is 5.27. The molecular formula is C14H18N2OS2. The average molecular weight is 294 g/mol. The Morgan fingerprint density at radius 1 is 1.53 bits per heavy atom. The van der Waals surface area contributed by atoms with E-state index in [4.69, 9.17) is 5.73 Å². The second-order valence-corrected chi connectivity index (χ2v) is 7.30. The number of fused-ring (bicyclic) bond motifs is 1. The van der Waals surface area contributed by atoms with Crippen molar-refractivity contribution in [3.63, 3.8) is 0 Å². The van der Waals surface area contributed by atoms with Gasteiger partial charge in [-0.2, -0.15) is 0 Å². The second kappa shape index (κ2) is 5.23. The summed E-state index contributed by atoms with van der Waals surface area (Å²) in [5.74, 6) is 1.25. The molecule has 0 radical (unpaired) electrons. The summed E-state index contributed by atoms with van der Waals surface area (Å²) in [6.07, 6.45) is 1.06. The number of nitrogens with zero attached hydrogens (tertiary/aromatic N) is 1. The smallest absolute Gasteiger partial charge is 0.264 e. The van der Waals surface area contributed by atoms with E-state index >= 15 is 0 Å². The minimum atomic E-state index is 0.179. The molecule has 3 nitrogen and oxygen atoms in total. The number of nitrogens with two attached hydrogens (primary N) is 1. The fourth-order valence-corrected chi connectivity index (χ4v) is 4.74. The van der Waals surface area contributed by atoms with Gasteiger partial charge >= 0.3 is 0 Å². The number of hydrogen-bond acceptors (Lipinski definition) is 4. The summed E-state index contributed by atoms with van der Waals surface area (Å²) in [5, 5.41) is 2.07. The van der Waals surface area contributed by atoms with E-state index in [1.54, 1.807) is 22.7 Å². The molecule has 2 aromatic heterocycles. The molecule has 2 aromatic rings. The van der Waals surface area contributed by atoms with Crippen LogP contribution in [0.25, 0.3) is 9.40 Å². The van der Waals surface area contributed by atoms with E-state index in [0.717, 1.165) is 24.4 Å². The number of piperidine rings is 1. The fourth-order valence-electron chi connectivity index (χ4n) is 2.67. The van der Waals surface area contributed by atoms with E-state index in [-0.39, 0.29) is 5.91 Å². The van der Waals surface area contributed by atoms with Crippen LogP contribution in [0.5, 0.6) is 0 Å². The van der Waals surface area contributed by atoms with Crippen molar-refractivity contribution in [2.75, 3.05) is 19.6 Å². The average Bonchev–Trinajstić information content (AvgIpc) is 2.99. The highest BCUT2D eigenvalue weighted by atomic mass is 32.1. The normalized spacial score (nSPS) is 24.0. The first kappa shape index (κ1) is 13.1. The van der Waals surface area contributed by atoms with E-state index in [0.29, 0.717) is 18.4 Å². The van der Waals surface area contributed by atoms with Crippen LogP contribution in [-0.4, -0.2) is 30.4 Å². The Kier molecular flexibility index (Phi) is 3.60. The third-order valence-corrected chi connectivity index (χ3v) is 6.14. The molecule has 2 unspecified atom stereocenters. The Morgan fingerprint density at radius 3 is 3.11 bits per heavy atom. The first-order valence-electron chi connectivity index (χ1n) is 6.65. The van der Waals surface area contributed by atoms with Crippen molar-refractivity contribution in [2.45, 2.75) is 13.3 Å². The summed E-state index contributed by atoms with van der Waals surface area (Å²) in [7, 11) is 0. The lowest BCUT2D eigenvalue weighted by Crippen LogP contribution is -2.45. The third-order valence-electron chi connectivity index (χ3n) is 4.05. The number of rotatable bonds is 2. The molecule has 0 spiro atoms. The summed E-state index contributed by atoms with van der Waals surface area (Å²) in [4.78, 5) is 15.4. The molecule has 5 heteroatoms. The maximum atomic E-state index is 12.5. The van der Waals surface area contributed by atoms with Crippen LogP contribution >= 0.6 is 22.7 Å². The maximum Gasteiger partial charge on any atom is 0.264 e. The SMILES string of the molecule is CC1CCN(C(=O)c2cc3sccc3s2)CC1CN. The zero-order chi connectivity index (χ0) is 13.4. The standard InChI is InChI=1S/C14H18N2OS2/c1-9-2-4-16(8-10(9)7-15)14(17)13-6-12-11(19-13)3-5-18-12/h3,5-6,9-10H,2,4,7-8,15H2,1H3. The highest BCUT2D eigenvalue weighted by molar-refractivity contribution is 7.27. The summed E-state index contributed by atoms with van der Waals surface area (Å²) >= 11 is 3.30. The Bertz CT molecular complexity index is 561. The van der Waals surface area contributed by atoms with Crippen molar-refractivity contribution >= 4 is 38.0 Å². The van der Waals surface area contributed by atoms with Crippen molar-refractivity contribution < 1.29 is 4.79 Å². The molecule has 3 heterocycles. The Morgan fingerprint density at radius 2 is 2.37 bits per heavy atom. The van der Waals surface area contributed by atoms with Crippen LogP contribution in [0.2, 0.25) is 0 Å². The first-order valence-corrected chi connectivity index (χ1v) is 8.35. The molecule has 2 atom stereocenters. The predicted octanol–water partition coefficient (Wildman–Crippen LogP) is 3.02. The molecule has 0 aromatic carbocycles. The van der Waals surface area contributed by atoms with Gasteiger partial charge < -0.3 is 10.6 Å². The minimum Gasteiger partial charge on any atom is -0.338 e. The van der Waals surface area contributed by atoms with Gasteiger partial charge in [0.05, 0.1) is 4.88 Å². The van der Waals surface area contributed by atoms with Crippen LogP contribution in [0.1, 0.15) is 23.0 Å². The topological polar surface area (TPSA) is 46.3 Å². The Labute approximate surface area is 121 Å². The molecule has 1 aliphatic heterocycles. The molecule has 3 rings (SSSR count). The lowest BCUT2D eigenvalue weighted by molar-refractivity contribution is 0.0623. The van der Waals surface area contributed by atoms with Gasteiger partial charge in [0, 0.05) is 22.5 Å². The van der Waals surface area contributed by atoms with Crippen molar-refractivity contribution in [1.82, 2.24) is 4.90 Å². The quantitative estimate of drug-likeness (QED) is 0.925. The summed E-state index contributed by atoms with van der Waals surface area (Å²) in [5.41, 5.74) is 5.81. The van der Waals surface area contributed by atoms with Crippen LogP contribution < -0.4 is 5.73 Å². The van der Waals surface area contributed by atoms with Gasteiger partial charge in [-0.15, -0.1) is 22.7 Å². The predicted molar refractivity (Wildman–Crippen MR) is 81.9 cm³/mol. The van der Waals surface area contributed by atoms with Crippen molar-refractivity contribution in [2.24, 2.45) is 17.6 Å². The van der Waals surface area contributed by atoms with Crippen LogP contribution in [0, 0.1) is 11.8 Å². The molecule has 1 fully saturated rings. The summed E-state index contributed by atoms with van der Waals surface area (Å²) in [6.45, 7) is 4.58. The number of thiophene rings is 2. The zero-order valence-electron chi connectivity index (χ0n) is 11.0. The van der Waals surface area contributed by atoms with E-state index < -0.39 is 0 Å². The van der Waals surface area contributed by atoms with E-state index in [1.807, 2.05) is 11.0 Å². The molecule has 0 bridgehead atoms. The van der Waals surface area contributed by atoms with Gasteiger partial charge in [-0.1, -0.05) is 6.92 Å². The van der Waals surface area contributed by atoms with E-state index in [1.165, 1.54) is 9.40 Å². The molecule has 2 N–H and O–H groups in total. The highest BCUT2D eigenvalue weighted by Crippen LogP contribution is 2.32. The van der Waals surface area contributed by atoms with Crippen molar-refractivity contribution in [1.29, 1.82) is 0 Å². The van der Waals surface area contributed by atoms with Crippen molar-refractivity contribution in [3.8, 4) is 0 Å². The minimum absolute atomic E-state index is 0.179. The van der Waals surface area contributed by atoms with Gasteiger partial charge in [0.15, 0.2) is 0 Å². The van der Waals surface area contributed by atoms with Gasteiger partial charge in [0.2, 0.25) is 0 Å². The maximum absolute atomic E-state index is 12.5. The van der Waals surface area contributed by atoms with Crippen LogP contribution in [-0.2, 0) is 0 Å². The lowest BCUT2D eigenvalue weighted by Gasteiger charge is -2.36. The number of likely N-dealkylation sites (tertiary alicyclic amines) is 1. The molecule has 0 aliphatic carbocycles. The molecule has 102 valence electrons. The van der Waals surface area contributed by atoms with Gasteiger partial charge in [0.25, 0.3) is 5.91 Å². The van der Waals surface area contributed by atoms with Crippen LogP contribution in [0.4, 0.5) is 0 Å². The molecule has 1 saturated heterocycles. The Hall–Kier alpha value is -0.910. The molecular weight excluding hydrogens is 276 g/mol. The lowest BCUT2D eigenvalue weighted by atomic mass is 9.87. The third kappa shape index (κ3) is 2.42.